The van der Waals surface area contributed by atoms with E-state index in [-0.39, 0.29) is 0 Å². The summed E-state index contributed by atoms with van der Waals surface area (Å²) in [6.45, 7) is 4.57. The van der Waals surface area contributed by atoms with Crippen LogP contribution in [0.1, 0.15) is 18.2 Å². The van der Waals surface area contributed by atoms with Gasteiger partial charge in [-0.05, 0) is 41.9 Å². The van der Waals surface area contributed by atoms with Crippen molar-refractivity contribution in [3.63, 3.8) is 0 Å². The van der Waals surface area contributed by atoms with Crippen LogP contribution in [0.2, 0.25) is 0 Å². The lowest BCUT2D eigenvalue weighted by atomic mass is 9.97. The third-order valence-electron chi connectivity index (χ3n) is 3.70. The summed E-state index contributed by atoms with van der Waals surface area (Å²) in [7, 11) is 0. The first-order valence-corrected chi connectivity index (χ1v) is 8.18. The Labute approximate surface area is 147 Å². The number of aryl methyl sites for hydroxylation is 2. The van der Waals surface area contributed by atoms with Crippen molar-refractivity contribution < 1.29 is 9.90 Å². The van der Waals surface area contributed by atoms with Crippen LogP contribution in [0.4, 0.5) is 0 Å². The number of hydrogen-bond donors (Lipinski definition) is 1. The highest BCUT2D eigenvalue weighted by Gasteiger charge is 2.17. The van der Waals surface area contributed by atoms with E-state index in [9.17, 15) is 4.79 Å². The first kappa shape index (κ1) is 16.3. The number of pyridine rings is 2. The molecule has 0 unspecified atom stereocenters. The summed E-state index contributed by atoms with van der Waals surface area (Å²) in [6.07, 6.45) is 7.91. The molecule has 7 heteroatoms. The molecule has 0 saturated carbocycles. The topological polar surface area (TPSA) is 80.9 Å². The molecular weight excluding hydrogens is 372 g/mol. The molecule has 122 valence electrons. The highest BCUT2D eigenvalue weighted by atomic mass is 79.9. The van der Waals surface area contributed by atoms with Crippen LogP contribution >= 0.6 is 15.9 Å². The first-order valence-electron chi connectivity index (χ1n) is 7.39. The van der Waals surface area contributed by atoms with Gasteiger partial charge in [0, 0.05) is 57.3 Å². The van der Waals surface area contributed by atoms with Gasteiger partial charge in [0.2, 0.25) is 0 Å². The zero-order chi connectivity index (χ0) is 17.3. The van der Waals surface area contributed by atoms with Crippen molar-refractivity contribution in [2.24, 2.45) is 0 Å². The van der Waals surface area contributed by atoms with E-state index in [1.54, 1.807) is 24.7 Å². The third kappa shape index (κ3) is 2.94. The lowest BCUT2D eigenvalue weighted by Gasteiger charge is -2.11. The molecule has 0 spiro atoms. The molecule has 0 aliphatic rings. The average Bonchev–Trinajstić information content (AvgIpc) is 2.94. The monoisotopic (exact) mass is 386 g/mol. The van der Waals surface area contributed by atoms with Crippen LogP contribution in [0.3, 0.4) is 0 Å². The summed E-state index contributed by atoms with van der Waals surface area (Å²) in [4.78, 5) is 19.8. The molecule has 0 atom stereocenters. The second kappa shape index (κ2) is 6.52. The summed E-state index contributed by atoms with van der Waals surface area (Å²) in [5.74, 6) is -1.00. The van der Waals surface area contributed by atoms with Crippen LogP contribution in [0, 0.1) is 6.92 Å². The standard InChI is InChI=1S/C17H15BrN4O2/c1-3-22-17-14(9-20-22)16(11-6-12(18)8-19-7-11)13(10(2)21-17)4-5-15(23)24/h4-9H,3H2,1-2H3,(H,23,24)/b5-4+. The SMILES string of the molecule is CCn1ncc2c(-c3cncc(Br)c3)c(/C=C/C(=O)O)c(C)nc21. The van der Waals surface area contributed by atoms with E-state index < -0.39 is 5.97 Å². The number of fused-ring (bicyclic) bond motifs is 1. The van der Waals surface area contributed by atoms with E-state index in [0.717, 1.165) is 44.0 Å². The third-order valence-corrected chi connectivity index (χ3v) is 4.13. The van der Waals surface area contributed by atoms with Crippen LogP contribution in [0.25, 0.3) is 28.2 Å². The van der Waals surface area contributed by atoms with Crippen LogP contribution in [0.5, 0.6) is 0 Å². The van der Waals surface area contributed by atoms with Gasteiger partial charge in [-0.25, -0.2) is 14.5 Å². The van der Waals surface area contributed by atoms with Crippen molar-refractivity contribution in [3.8, 4) is 11.1 Å². The Morgan fingerprint density at radius 1 is 1.38 bits per heavy atom. The molecule has 0 bridgehead atoms. The van der Waals surface area contributed by atoms with Crippen LogP contribution in [-0.4, -0.2) is 30.8 Å². The molecule has 3 heterocycles. The number of aliphatic carboxylic acids is 1. The van der Waals surface area contributed by atoms with Gasteiger partial charge in [-0.2, -0.15) is 5.10 Å². The highest BCUT2D eigenvalue weighted by Crippen LogP contribution is 2.34. The molecule has 0 saturated heterocycles. The molecular formula is C17H15BrN4O2. The molecule has 0 radical (unpaired) electrons. The van der Waals surface area contributed by atoms with Gasteiger partial charge in [-0.1, -0.05) is 0 Å². The van der Waals surface area contributed by atoms with Crippen LogP contribution in [0.15, 0.2) is 35.2 Å². The van der Waals surface area contributed by atoms with Gasteiger partial charge >= 0.3 is 5.97 Å². The molecule has 0 fully saturated rings. The van der Waals surface area contributed by atoms with E-state index in [2.05, 4.69) is 31.0 Å². The first-order chi connectivity index (χ1) is 11.5. The van der Waals surface area contributed by atoms with Crippen molar-refractivity contribution in [1.29, 1.82) is 0 Å². The Balaban J connectivity index is 2.38. The predicted molar refractivity (Wildman–Crippen MR) is 95.5 cm³/mol. The number of carboxylic acid groups (broad SMARTS) is 1. The summed E-state index contributed by atoms with van der Waals surface area (Å²) < 4.78 is 2.67. The van der Waals surface area contributed by atoms with Gasteiger partial charge in [0.15, 0.2) is 5.65 Å². The maximum atomic E-state index is 11.0. The molecule has 24 heavy (non-hydrogen) atoms. The van der Waals surface area contributed by atoms with Crippen molar-refractivity contribution in [2.75, 3.05) is 0 Å². The van der Waals surface area contributed by atoms with Gasteiger partial charge in [-0.15, -0.1) is 0 Å². The number of carbonyl (C=O) groups is 1. The fourth-order valence-electron chi connectivity index (χ4n) is 2.67. The van der Waals surface area contributed by atoms with Gasteiger partial charge in [-0.3, -0.25) is 4.98 Å². The quantitative estimate of drug-likeness (QED) is 0.691. The molecule has 1 N–H and O–H groups in total. The van der Waals surface area contributed by atoms with Crippen LogP contribution < -0.4 is 0 Å². The molecule has 0 aromatic carbocycles. The summed E-state index contributed by atoms with van der Waals surface area (Å²) >= 11 is 3.44. The minimum atomic E-state index is -1.00. The highest BCUT2D eigenvalue weighted by molar-refractivity contribution is 9.10. The fraction of sp³-hybridized carbons (Fsp3) is 0.176. The molecule has 0 aliphatic heterocycles. The van der Waals surface area contributed by atoms with E-state index in [1.165, 1.54) is 0 Å². The maximum Gasteiger partial charge on any atom is 0.328 e. The Kier molecular flexibility index (Phi) is 4.44. The number of aromatic nitrogens is 4. The smallest absolute Gasteiger partial charge is 0.328 e. The van der Waals surface area contributed by atoms with Gasteiger partial charge < -0.3 is 5.11 Å². The second-order valence-corrected chi connectivity index (χ2v) is 6.16. The zero-order valence-electron chi connectivity index (χ0n) is 13.2. The van der Waals surface area contributed by atoms with Crippen LogP contribution in [-0.2, 0) is 11.3 Å². The lowest BCUT2D eigenvalue weighted by Crippen LogP contribution is -2.01. The lowest BCUT2D eigenvalue weighted by molar-refractivity contribution is -0.131. The van der Waals surface area contributed by atoms with Crippen molar-refractivity contribution in [3.05, 3.63) is 46.5 Å². The minimum Gasteiger partial charge on any atom is -0.478 e. The molecule has 0 aliphatic carbocycles. The van der Waals surface area contributed by atoms with Gasteiger partial charge in [0.1, 0.15) is 0 Å². The zero-order valence-corrected chi connectivity index (χ0v) is 14.8. The molecule has 3 rings (SSSR count). The second-order valence-electron chi connectivity index (χ2n) is 5.25. The summed E-state index contributed by atoms with van der Waals surface area (Å²) in [5.41, 5.74) is 4.02. The molecule has 3 aromatic heterocycles. The summed E-state index contributed by atoms with van der Waals surface area (Å²) in [5, 5.41) is 14.2. The Morgan fingerprint density at radius 3 is 2.83 bits per heavy atom. The Bertz CT molecular complexity index is 963. The molecule has 3 aromatic rings. The Hall–Kier alpha value is -2.54. The number of rotatable bonds is 4. The van der Waals surface area contributed by atoms with Gasteiger partial charge in [0.25, 0.3) is 0 Å². The Morgan fingerprint density at radius 2 is 2.17 bits per heavy atom. The predicted octanol–water partition coefficient (Wildman–Crippen LogP) is 3.68. The number of halogens is 1. The van der Waals surface area contributed by atoms with Crippen molar-refractivity contribution >= 4 is 39.0 Å². The van der Waals surface area contributed by atoms with E-state index in [0.29, 0.717) is 6.54 Å². The average molecular weight is 387 g/mol. The van der Waals surface area contributed by atoms with E-state index in [4.69, 9.17) is 5.11 Å². The number of nitrogens with zero attached hydrogens (tertiary/aromatic N) is 4. The largest absolute Gasteiger partial charge is 0.478 e. The van der Waals surface area contributed by atoms with Gasteiger partial charge in [0.05, 0.1) is 6.20 Å². The summed E-state index contributed by atoms with van der Waals surface area (Å²) in [6, 6.07) is 1.95. The maximum absolute atomic E-state index is 11.0. The van der Waals surface area contributed by atoms with Crippen molar-refractivity contribution in [1.82, 2.24) is 19.7 Å². The number of hydrogen-bond acceptors (Lipinski definition) is 4. The minimum absolute atomic E-state index is 0.705. The van der Waals surface area contributed by atoms with E-state index >= 15 is 0 Å². The molecule has 0 amide bonds. The van der Waals surface area contributed by atoms with Crippen molar-refractivity contribution in [2.45, 2.75) is 20.4 Å². The number of carboxylic acids is 1. The normalized spacial score (nSPS) is 11.5. The fourth-order valence-corrected chi connectivity index (χ4v) is 3.03. The molecule has 6 nitrogen and oxygen atoms in total. The van der Waals surface area contributed by atoms with E-state index in [1.807, 2.05) is 24.6 Å².